The van der Waals surface area contributed by atoms with E-state index < -0.39 is 17.8 Å². The smallest absolute Gasteiger partial charge is 0.338 e. The molecular formula is C29H26ClN3O5. The van der Waals surface area contributed by atoms with Crippen molar-refractivity contribution in [1.82, 2.24) is 0 Å². The van der Waals surface area contributed by atoms with Crippen LogP contribution in [0.3, 0.4) is 0 Å². The molecule has 9 heteroatoms. The van der Waals surface area contributed by atoms with Crippen molar-refractivity contribution < 1.29 is 23.9 Å². The molecule has 194 valence electrons. The summed E-state index contributed by atoms with van der Waals surface area (Å²) in [5.74, 6) is -2.33. The number of rotatable bonds is 8. The molecular weight excluding hydrogens is 506 g/mol. The molecule has 1 aliphatic rings. The molecule has 38 heavy (non-hydrogen) atoms. The first kappa shape index (κ1) is 26.6. The average Bonchev–Trinajstić information content (AvgIpc) is 3.11. The Morgan fingerprint density at radius 2 is 1.63 bits per heavy atom. The molecule has 0 aliphatic carbocycles. The van der Waals surface area contributed by atoms with Gasteiger partial charge in [-0.2, -0.15) is 0 Å². The number of hydrogen-bond acceptors (Lipinski definition) is 6. The number of aryl methyl sites for hydroxylation is 1. The zero-order valence-corrected chi connectivity index (χ0v) is 21.8. The third-order valence-corrected chi connectivity index (χ3v) is 6.10. The second kappa shape index (κ2) is 11.3. The van der Waals surface area contributed by atoms with Crippen molar-refractivity contribution in [2.75, 3.05) is 15.5 Å². The summed E-state index contributed by atoms with van der Waals surface area (Å²) in [6.07, 6.45) is 0.437. The van der Waals surface area contributed by atoms with E-state index in [0.29, 0.717) is 11.3 Å². The predicted octanol–water partition coefficient (Wildman–Crippen LogP) is 5.50. The number of carbonyl (C=O) groups excluding carboxylic acids is 4. The maximum atomic E-state index is 13.2. The Labute approximate surface area is 225 Å². The van der Waals surface area contributed by atoms with Crippen molar-refractivity contribution in [3.8, 4) is 0 Å². The van der Waals surface area contributed by atoms with Gasteiger partial charge in [-0.15, -0.1) is 0 Å². The largest absolute Gasteiger partial charge is 0.459 e. The van der Waals surface area contributed by atoms with Crippen LogP contribution >= 0.6 is 11.6 Å². The number of carbonyl (C=O) groups is 4. The summed E-state index contributed by atoms with van der Waals surface area (Å²) in [5.41, 5.74) is 2.70. The van der Waals surface area contributed by atoms with Gasteiger partial charge in [-0.1, -0.05) is 48.9 Å². The molecule has 3 aromatic carbocycles. The van der Waals surface area contributed by atoms with E-state index in [0.717, 1.165) is 22.6 Å². The Morgan fingerprint density at radius 1 is 0.921 bits per heavy atom. The van der Waals surface area contributed by atoms with Gasteiger partial charge in [0.1, 0.15) is 10.7 Å². The second-order valence-electron chi connectivity index (χ2n) is 8.81. The molecule has 8 nitrogen and oxygen atoms in total. The van der Waals surface area contributed by atoms with Gasteiger partial charge < -0.3 is 15.4 Å². The molecule has 0 unspecified atom stereocenters. The van der Waals surface area contributed by atoms with E-state index in [1.807, 2.05) is 31.2 Å². The van der Waals surface area contributed by atoms with E-state index in [9.17, 15) is 19.2 Å². The van der Waals surface area contributed by atoms with Crippen LogP contribution in [0.1, 0.15) is 47.1 Å². The van der Waals surface area contributed by atoms with Gasteiger partial charge in [-0.25, -0.2) is 9.69 Å². The molecule has 0 radical (unpaired) electrons. The first-order valence-electron chi connectivity index (χ1n) is 12.1. The number of esters is 1. The van der Waals surface area contributed by atoms with E-state index in [4.69, 9.17) is 16.3 Å². The highest BCUT2D eigenvalue weighted by Crippen LogP contribution is 2.31. The zero-order chi connectivity index (χ0) is 27.4. The van der Waals surface area contributed by atoms with Crippen molar-refractivity contribution in [1.29, 1.82) is 0 Å². The lowest BCUT2D eigenvalue weighted by Gasteiger charge is -2.16. The van der Waals surface area contributed by atoms with Gasteiger partial charge in [-0.3, -0.25) is 14.4 Å². The molecule has 0 saturated carbocycles. The first-order valence-corrected chi connectivity index (χ1v) is 12.4. The van der Waals surface area contributed by atoms with Gasteiger partial charge in [0, 0.05) is 16.9 Å². The van der Waals surface area contributed by atoms with Gasteiger partial charge >= 0.3 is 5.97 Å². The number of ether oxygens (including phenoxy) is 1. The maximum absolute atomic E-state index is 13.2. The van der Waals surface area contributed by atoms with Crippen LogP contribution in [0.25, 0.3) is 0 Å². The third kappa shape index (κ3) is 5.60. The maximum Gasteiger partial charge on any atom is 0.338 e. The molecule has 0 spiro atoms. The van der Waals surface area contributed by atoms with E-state index in [1.54, 1.807) is 44.2 Å². The Hall–Kier alpha value is -4.43. The number of halogens is 1. The molecule has 0 aromatic heterocycles. The number of benzene rings is 3. The van der Waals surface area contributed by atoms with Crippen LogP contribution in [-0.4, -0.2) is 29.8 Å². The standard InChI is InChI=1S/C29H26ClN3O5/c1-4-18-9-5-6-14-23(18)32-26(34)19-10-7-12-21(15-19)31-25-24(30)27(35)33(28(25)36)22-13-8-11-20(16-22)29(37)38-17(2)3/h5-17,31H,4H2,1-3H3,(H,32,34). The van der Waals surface area contributed by atoms with Crippen molar-refractivity contribution in [3.05, 3.63) is 100 Å². The van der Waals surface area contributed by atoms with Gasteiger partial charge in [0.2, 0.25) is 0 Å². The Kier molecular flexibility index (Phi) is 7.93. The first-order chi connectivity index (χ1) is 18.2. The van der Waals surface area contributed by atoms with Crippen molar-refractivity contribution in [2.24, 2.45) is 0 Å². The van der Waals surface area contributed by atoms with Crippen LogP contribution in [0.4, 0.5) is 17.1 Å². The Morgan fingerprint density at radius 3 is 2.37 bits per heavy atom. The quantitative estimate of drug-likeness (QED) is 0.294. The summed E-state index contributed by atoms with van der Waals surface area (Å²) < 4.78 is 5.20. The van der Waals surface area contributed by atoms with Gasteiger partial charge in [0.05, 0.1) is 17.4 Å². The monoisotopic (exact) mass is 531 g/mol. The van der Waals surface area contributed by atoms with Gasteiger partial charge in [0.25, 0.3) is 17.7 Å². The molecule has 0 bridgehead atoms. The summed E-state index contributed by atoms with van der Waals surface area (Å²) in [6, 6.07) is 20.0. The number of hydrogen-bond donors (Lipinski definition) is 2. The molecule has 2 N–H and O–H groups in total. The Bertz CT molecular complexity index is 1460. The zero-order valence-electron chi connectivity index (χ0n) is 21.1. The van der Waals surface area contributed by atoms with Crippen LogP contribution in [0, 0.1) is 0 Å². The topological polar surface area (TPSA) is 105 Å². The minimum absolute atomic E-state index is 0.138. The molecule has 3 amide bonds. The number of amides is 3. The van der Waals surface area contributed by atoms with Gasteiger partial charge in [0.15, 0.2) is 0 Å². The van der Waals surface area contributed by atoms with Crippen LogP contribution in [0.5, 0.6) is 0 Å². The fraction of sp³-hybridized carbons (Fsp3) is 0.172. The fourth-order valence-corrected chi connectivity index (χ4v) is 4.14. The average molecular weight is 532 g/mol. The fourth-order valence-electron chi connectivity index (χ4n) is 3.93. The molecule has 4 rings (SSSR count). The lowest BCUT2D eigenvalue weighted by molar-refractivity contribution is -0.120. The molecule has 3 aromatic rings. The van der Waals surface area contributed by atoms with Crippen molar-refractivity contribution >= 4 is 52.4 Å². The lowest BCUT2D eigenvalue weighted by atomic mass is 10.1. The number of nitrogens with zero attached hydrogens (tertiary/aromatic N) is 1. The number of imide groups is 1. The highest BCUT2D eigenvalue weighted by atomic mass is 35.5. The SMILES string of the molecule is CCc1ccccc1NC(=O)c1cccc(NC2=C(Cl)C(=O)N(c3cccc(C(=O)OC(C)C)c3)C2=O)c1. The van der Waals surface area contributed by atoms with Crippen molar-refractivity contribution in [2.45, 2.75) is 33.3 Å². The van der Waals surface area contributed by atoms with Crippen LogP contribution < -0.4 is 15.5 Å². The molecule has 0 atom stereocenters. The second-order valence-corrected chi connectivity index (χ2v) is 9.19. The highest BCUT2D eigenvalue weighted by Gasteiger charge is 2.39. The van der Waals surface area contributed by atoms with Crippen LogP contribution in [-0.2, 0) is 20.7 Å². The summed E-state index contributed by atoms with van der Waals surface area (Å²) in [5, 5.41) is 5.48. The highest BCUT2D eigenvalue weighted by molar-refractivity contribution is 6.53. The lowest BCUT2D eigenvalue weighted by Crippen LogP contribution is -2.32. The summed E-state index contributed by atoms with van der Waals surface area (Å²) >= 11 is 6.27. The minimum Gasteiger partial charge on any atom is -0.459 e. The van der Waals surface area contributed by atoms with E-state index in [1.165, 1.54) is 18.2 Å². The molecule has 0 saturated heterocycles. The molecule has 0 fully saturated rings. The van der Waals surface area contributed by atoms with Crippen LogP contribution in [0.2, 0.25) is 0 Å². The van der Waals surface area contributed by atoms with Gasteiger partial charge in [-0.05, 0) is 68.3 Å². The number of nitrogens with one attached hydrogen (secondary N) is 2. The normalized spacial score (nSPS) is 13.2. The van der Waals surface area contributed by atoms with E-state index >= 15 is 0 Å². The summed E-state index contributed by atoms with van der Waals surface area (Å²) in [7, 11) is 0. The van der Waals surface area contributed by atoms with E-state index in [2.05, 4.69) is 10.6 Å². The Balaban J connectivity index is 1.53. The molecule has 1 aliphatic heterocycles. The third-order valence-electron chi connectivity index (χ3n) is 5.75. The van der Waals surface area contributed by atoms with Crippen molar-refractivity contribution in [3.63, 3.8) is 0 Å². The molecule has 1 heterocycles. The predicted molar refractivity (Wildman–Crippen MR) is 146 cm³/mol. The summed E-state index contributed by atoms with van der Waals surface area (Å²) in [4.78, 5) is 52.2. The number of anilines is 3. The van der Waals surface area contributed by atoms with E-state index in [-0.39, 0.29) is 34.0 Å². The van der Waals surface area contributed by atoms with Crippen LogP contribution in [0.15, 0.2) is 83.5 Å². The summed E-state index contributed by atoms with van der Waals surface area (Å²) in [6.45, 7) is 5.45. The minimum atomic E-state index is -0.737. The number of para-hydroxylation sites is 1.